The van der Waals surface area contributed by atoms with Crippen LogP contribution < -0.4 is 0 Å². The number of hydrogen-bond donors (Lipinski definition) is 0. The molecule has 0 heterocycles. The molecule has 0 N–H and O–H groups in total. The average molecular weight is 332 g/mol. The van der Waals surface area contributed by atoms with Crippen molar-refractivity contribution in [2.75, 3.05) is 0 Å². The summed E-state index contributed by atoms with van der Waals surface area (Å²) in [6, 6.07) is 20.2. The van der Waals surface area contributed by atoms with Crippen LogP contribution in [-0.2, 0) is 0 Å². The first-order valence-corrected chi connectivity index (χ1v) is 6.15. The van der Waals surface area contributed by atoms with Crippen molar-refractivity contribution in [1.29, 1.82) is 0 Å². The summed E-state index contributed by atoms with van der Waals surface area (Å²) < 4.78 is 1.18. The second-order valence-corrected chi connectivity index (χ2v) is 4.52. The lowest BCUT2D eigenvalue weighted by molar-refractivity contribution is 1.26. The largest absolute Gasteiger partial charge is 0.142 e. The van der Waals surface area contributed by atoms with E-state index in [9.17, 15) is 0 Å². The minimum absolute atomic E-state index is 0.813. The lowest BCUT2D eigenvalue weighted by Crippen LogP contribution is -1.69. The summed E-state index contributed by atoms with van der Waals surface area (Å²) in [4.78, 5) is 0. The molecule has 0 aliphatic carbocycles. The third-order valence-electron chi connectivity index (χ3n) is 2.02. The molecule has 0 saturated carbocycles. The molecule has 2 nitrogen and oxygen atoms in total. The fraction of sp³-hybridized carbons (Fsp3) is 0. The van der Waals surface area contributed by atoms with Gasteiger partial charge in [-0.2, -0.15) is 0 Å². The molecule has 2 rings (SSSR count). The zero-order chi connectivity index (χ0) is 11.9. The van der Waals surface area contributed by atoms with Crippen LogP contribution in [-0.4, -0.2) is 0 Å². The predicted molar refractivity (Wildman–Crippen MR) is 77.0 cm³/mol. The number of benzene rings is 2. The van der Waals surface area contributed by atoms with E-state index in [4.69, 9.17) is 0 Å². The Hall–Kier alpha value is -1.67. The molecule has 0 amide bonds. The van der Waals surface area contributed by atoms with Crippen LogP contribution in [0.1, 0.15) is 5.56 Å². The second kappa shape index (κ2) is 6.16. The monoisotopic (exact) mass is 332 g/mol. The van der Waals surface area contributed by atoms with Gasteiger partial charge in [0.05, 0.1) is 11.7 Å². The van der Waals surface area contributed by atoms with Gasteiger partial charge in [0, 0.05) is 9.13 Å². The highest BCUT2D eigenvalue weighted by molar-refractivity contribution is 14.1. The highest BCUT2D eigenvalue weighted by atomic mass is 127. The Bertz CT molecular complexity index is 563. The van der Waals surface area contributed by atoms with Crippen molar-refractivity contribution >= 4 is 28.3 Å². The van der Waals surface area contributed by atoms with Gasteiger partial charge in [-0.15, -0.1) is 5.11 Å². The third kappa shape index (κ3) is 4.00. The molecule has 3 heteroatoms. The number of rotatable bonds is 1. The maximum atomic E-state index is 4.01. The van der Waals surface area contributed by atoms with Gasteiger partial charge in [-0.1, -0.05) is 23.3 Å². The van der Waals surface area contributed by atoms with Crippen molar-refractivity contribution in [2.24, 2.45) is 10.2 Å². The molecule has 0 atom stereocenters. The van der Waals surface area contributed by atoms with Gasteiger partial charge in [-0.3, -0.25) is 0 Å². The molecule has 0 radical (unpaired) electrons. The molecule has 0 aliphatic heterocycles. The van der Waals surface area contributed by atoms with Crippen LogP contribution in [0.2, 0.25) is 0 Å². The quantitative estimate of drug-likeness (QED) is 0.421. The summed E-state index contributed by atoms with van der Waals surface area (Å²) in [5.74, 6) is 2.91. The highest BCUT2D eigenvalue weighted by Crippen LogP contribution is 2.14. The van der Waals surface area contributed by atoms with Gasteiger partial charge in [0.1, 0.15) is 0 Å². The molecule has 0 aliphatic rings. The molecule has 0 unspecified atom stereocenters. The molecule has 2 aromatic carbocycles. The first-order valence-electron chi connectivity index (χ1n) is 5.07. The summed E-state index contributed by atoms with van der Waals surface area (Å²) in [5.41, 5.74) is 1.75. The zero-order valence-electron chi connectivity index (χ0n) is 8.97. The molecule has 0 aromatic heterocycles. The van der Waals surface area contributed by atoms with Gasteiger partial charge < -0.3 is 0 Å². The third-order valence-corrected chi connectivity index (χ3v) is 2.74. The van der Waals surface area contributed by atoms with E-state index in [2.05, 4.69) is 44.8 Å². The molecule has 2 aromatic rings. The first kappa shape index (κ1) is 11.8. The number of halogens is 1. The smallest absolute Gasteiger partial charge is 0.0865 e. The first-order chi connectivity index (χ1) is 8.34. The predicted octanol–water partition coefficient (Wildman–Crippen LogP) is 4.38. The van der Waals surface area contributed by atoms with Crippen LogP contribution in [0.5, 0.6) is 0 Å². The number of azo groups is 1. The normalized spacial score (nSPS) is 9.94. The van der Waals surface area contributed by atoms with E-state index in [-0.39, 0.29) is 0 Å². The van der Waals surface area contributed by atoms with Crippen LogP contribution >= 0.6 is 22.6 Å². The van der Waals surface area contributed by atoms with E-state index in [1.807, 2.05) is 54.6 Å². The molecule has 0 fully saturated rings. The minimum atomic E-state index is 0.813. The van der Waals surface area contributed by atoms with Crippen LogP contribution in [0.4, 0.5) is 5.69 Å². The van der Waals surface area contributed by atoms with Gasteiger partial charge >= 0.3 is 0 Å². The molecule has 0 bridgehead atoms. The number of nitrogens with zero attached hydrogens (tertiary/aromatic N) is 2. The molecule has 0 saturated heterocycles. The van der Waals surface area contributed by atoms with Crippen molar-refractivity contribution in [3.8, 4) is 12.0 Å². The summed E-state index contributed by atoms with van der Waals surface area (Å²) in [7, 11) is 0. The second-order valence-electron chi connectivity index (χ2n) is 3.28. The van der Waals surface area contributed by atoms with E-state index in [1.165, 1.54) is 3.57 Å². The van der Waals surface area contributed by atoms with E-state index in [1.54, 1.807) is 0 Å². The van der Waals surface area contributed by atoms with Gasteiger partial charge in [0.2, 0.25) is 0 Å². The Morgan fingerprint density at radius 3 is 2.29 bits per heavy atom. The van der Waals surface area contributed by atoms with Crippen molar-refractivity contribution in [1.82, 2.24) is 0 Å². The fourth-order valence-electron chi connectivity index (χ4n) is 1.20. The van der Waals surface area contributed by atoms with Crippen molar-refractivity contribution < 1.29 is 0 Å². The number of hydrogen-bond acceptors (Lipinski definition) is 2. The van der Waals surface area contributed by atoms with Crippen LogP contribution in [0.3, 0.4) is 0 Å². The van der Waals surface area contributed by atoms with E-state index < -0.39 is 0 Å². The maximum Gasteiger partial charge on any atom is 0.0865 e. The van der Waals surface area contributed by atoms with Crippen LogP contribution in [0.25, 0.3) is 0 Å². The summed E-state index contributed by atoms with van der Waals surface area (Å²) in [6.45, 7) is 0. The molecular weight excluding hydrogens is 323 g/mol. The van der Waals surface area contributed by atoms with Gasteiger partial charge in [0.15, 0.2) is 0 Å². The Morgan fingerprint density at radius 2 is 1.59 bits per heavy atom. The van der Waals surface area contributed by atoms with Crippen LogP contribution in [0.15, 0.2) is 64.8 Å². The Morgan fingerprint density at radius 1 is 0.882 bits per heavy atom. The lowest BCUT2D eigenvalue weighted by atomic mass is 10.2. The lowest BCUT2D eigenvalue weighted by Gasteiger charge is -1.89. The average Bonchev–Trinajstić information content (AvgIpc) is 2.38. The fourth-order valence-corrected chi connectivity index (χ4v) is 1.56. The minimum Gasteiger partial charge on any atom is -0.142 e. The standard InChI is InChI=1S/C14H9IN2/c15-13-6-8-14(9-7-13)17-16-11-10-12-4-2-1-3-5-12/h1-9H. The zero-order valence-corrected chi connectivity index (χ0v) is 11.1. The van der Waals surface area contributed by atoms with E-state index >= 15 is 0 Å². The van der Waals surface area contributed by atoms with E-state index in [0.717, 1.165) is 11.3 Å². The molecule has 82 valence electrons. The molecular formula is C14H9IN2. The van der Waals surface area contributed by atoms with Crippen LogP contribution in [0, 0.1) is 15.5 Å². The Kier molecular flexibility index (Phi) is 4.28. The Labute approximate surface area is 114 Å². The van der Waals surface area contributed by atoms with Gasteiger partial charge in [-0.25, -0.2) is 0 Å². The summed E-state index contributed by atoms with van der Waals surface area (Å²) >= 11 is 2.25. The van der Waals surface area contributed by atoms with E-state index in [0.29, 0.717) is 0 Å². The highest BCUT2D eigenvalue weighted by Gasteiger charge is 1.87. The van der Waals surface area contributed by atoms with Crippen molar-refractivity contribution in [3.63, 3.8) is 0 Å². The summed E-state index contributed by atoms with van der Waals surface area (Å²) in [6.07, 6.45) is 0. The summed E-state index contributed by atoms with van der Waals surface area (Å²) in [5, 5.41) is 7.84. The van der Waals surface area contributed by atoms with Crippen molar-refractivity contribution in [3.05, 3.63) is 63.7 Å². The van der Waals surface area contributed by atoms with Crippen molar-refractivity contribution in [2.45, 2.75) is 0 Å². The molecule has 17 heavy (non-hydrogen) atoms. The Balaban J connectivity index is 2.03. The van der Waals surface area contributed by atoms with Gasteiger partial charge in [-0.05, 0) is 64.9 Å². The topological polar surface area (TPSA) is 24.7 Å². The van der Waals surface area contributed by atoms with Gasteiger partial charge in [0.25, 0.3) is 0 Å². The SMILES string of the molecule is Ic1ccc(N=NC#Cc2ccccc2)cc1. The molecule has 0 spiro atoms. The maximum absolute atomic E-state index is 4.01.